The maximum absolute atomic E-state index is 10.7. The zero-order valence-corrected chi connectivity index (χ0v) is 17.9. The highest BCUT2D eigenvalue weighted by Gasteiger charge is 2.57. The summed E-state index contributed by atoms with van der Waals surface area (Å²) in [5, 5.41) is 21.3. The van der Waals surface area contributed by atoms with Gasteiger partial charge in [-0.15, -0.1) is 0 Å². The molecule has 4 aliphatic rings. The van der Waals surface area contributed by atoms with Crippen LogP contribution in [0.3, 0.4) is 0 Å². The van der Waals surface area contributed by atoms with Crippen LogP contribution in [-0.4, -0.2) is 33.3 Å². The monoisotopic (exact) mass is 442 g/mol. The van der Waals surface area contributed by atoms with Crippen LogP contribution in [0.15, 0.2) is 36.4 Å². The summed E-state index contributed by atoms with van der Waals surface area (Å²) in [7, 11) is 0. The third-order valence-electron chi connectivity index (χ3n) is 6.13. The zero-order valence-electron chi connectivity index (χ0n) is 17.9. The van der Waals surface area contributed by atoms with E-state index in [0.717, 1.165) is 11.1 Å². The molecule has 2 saturated heterocycles. The minimum atomic E-state index is -0.420. The van der Waals surface area contributed by atoms with E-state index in [1.807, 2.05) is 27.7 Å². The molecular weight excluding hydrogens is 420 g/mol. The van der Waals surface area contributed by atoms with E-state index in [4.69, 9.17) is 18.9 Å². The third-order valence-corrected chi connectivity index (χ3v) is 6.13. The number of nitrogens with zero attached hydrogens (tertiary/aromatic N) is 2. The summed E-state index contributed by atoms with van der Waals surface area (Å²) in [6, 6.07) is 9.34. The van der Waals surface area contributed by atoms with Gasteiger partial charge in [-0.05, 0) is 39.8 Å². The second-order valence-corrected chi connectivity index (χ2v) is 9.32. The second-order valence-electron chi connectivity index (χ2n) is 9.32. The van der Waals surface area contributed by atoms with Crippen molar-refractivity contribution in [1.82, 2.24) is 0 Å². The molecule has 0 aliphatic carbocycles. The van der Waals surface area contributed by atoms with Gasteiger partial charge in [0.25, 0.3) is 11.4 Å². The minimum Gasteiger partial charge on any atom is -0.484 e. The van der Waals surface area contributed by atoms with Gasteiger partial charge in [-0.2, -0.15) is 0 Å². The molecule has 168 valence electrons. The topological polar surface area (TPSA) is 130 Å². The van der Waals surface area contributed by atoms with E-state index in [-0.39, 0.29) is 35.8 Å². The number of ether oxygens (including phenoxy) is 4. The van der Waals surface area contributed by atoms with Gasteiger partial charge in [-0.1, -0.05) is 0 Å². The molecule has 0 bridgehead atoms. The van der Waals surface area contributed by atoms with Crippen LogP contribution >= 0.6 is 0 Å². The van der Waals surface area contributed by atoms with Crippen molar-refractivity contribution in [2.45, 2.75) is 63.3 Å². The predicted molar refractivity (Wildman–Crippen MR) is 111 cm³/mol. The molecule has 6 rings (SSSR count). The summed E-state index contributed by atoms with van der Waals surface area (Å²) in [4.78, 5) is 20.5. The van der Waals surface area contributed by atoms with E-state index >= 15 is 0 Å². The summed E-state index contributed by atoms with van der Waals surface area (Å²) in [5.41, 5.74) is 1.10. The van der Waals surface area contributed by atoms with Gasteiger partial charge in [0.15, 0.2) is 0 Å². The molecule has 0 saturated carbocycles. The van der Waals surface area contributed by atoms with Crippen LogP contribution < -0.4 is 9.47 Å². The number of nitro benzene ring substituents is 2. The highest BCUT2D eigenvalue weighted by Crippen LogP contribution is 2.55. The van der Waals surface area contributed by atoms with Gasteiger partial charge in [0.2, 0.25) is 0 Å². The Morgan fingerprint density at radius 2 is 1.09 bits per heavy atom. The van der Waals surface area contributed by atoms with Crippen molar-refractivity contribution in [1.29, 1.82) is 0 Å². The molecule has 2 fully saturated rings. The molecule has 32 heavy (non-hydrogen) atoms. The first-order chi connectivity index (χ1) is 15.0. The quantitative estimate of drug-likeness (QED) is 0.380. The Labute approximate surface area is 183 Å². The molecular formula is C22H22N2O8. The standard InChI is InChI=1S/2C11H11NO4/c2*1-11(2)10-9(15-10)7-4-3-6(12(13)14)5-8(7)16-11/h2*3-5,9-10H,1-2H3/t9-,10-;/m1./s1. The van der Waals surface area contributed by atoms with Crippen LogP contribution in [0, 0.1) is 20.2 Å². The van der Waals surface area contributed by atoms with Crippen LogP contribution in [0.25, 0.3) is 0 Å². The Bertz CT molecular complexity index is 1060. The predicted octanol–water partition coefficient (Wildman–Crippen LogP) is 4.41. The van der Waals surface area contributed by atoms with Gasteiger partial charge in [0.05, 0.1) is 22.0 Å². The number of nitro groups is 2. The summed E-state index contributed by atoms with van der Waals surface area (Å²) < 4.78 is 22.5. The fourth-order valence-corrected chi connectivity index (χ4v) is 4.36. The lowest BCUT2D eigenvalue weighted by Crippen LogP contribution is -2.37. The lowest BCUT2D eigenvalue weighted by molar-refractivity contribution is -0.385. The molecule has 2 unspecified atom stereocenters. The largest absolute Gasteiger partial charge is 0.484 e. The van der Waals surface area contributed by atoms with Gasteiger partial charge in [0.1, 0.15) is 47.1 Å². The molecule has 0 radical (unpaired) electrons. The van der Waals surface area contributed by atoms with Crippen molar-refractivity contribution in [2.75, 3.05) is 0 Å². The minimum absolute atomic E-state index is 0.0413. The van der Waals surface area contributed by atoms with Crippen LogP contribution in [-0.2, 0) is 9.47 Å². The van der Waals surface area contributed by atoms with Gasteiger partial charge in [-0.25, -0.2) is 0 Å². The molecule has 10 nitrogen and oxygen atoms in total. The number of benzene rings is 2. The smallest absolute Gasteiger partial charge is 0.273 e. The first-order valence-corrected chi connectivity index (χ1v) is 10.2. The van der Waals surface area contributed by atoms with E-state index in [1.54, 1.807) is 12.1 Å². The molecule has 0 aromatic heterocycles. The normalized spacial score (nSPS) is 28.6. The summed E-state index contributed by atoms with van der Waals surface area (Å²) in [6.07, 6.45) is 0.224. The van der Waals surface area contributed by atoms with E-state index in [0.29, 0.717) is 11.5 Å². The lowest BCUT2D eigenvalue weighted by Gasteiger charge is -2.29. The summed E-state index contributed by atoms with van der Waals surface area (Å²) in [5.74, 6) is 1.14. The molecule has 4 atom stereocenters. The van der Waals surface area contributed by atoms with E-state index in [1.165, 1.54) is 24.3 Å². The fraction of sp³-hybridized carbons (Fsp3) is 0.455. The third kappa shape index (κ3) is 3.35. The van der Waals surface area contributed by atoms with Crippen molar-refractivity contribution < 1.29 is 28.8 Å². The Morgan fingerprint density at radius 1 is 0.719 bits per heavy atom. The van der Waals surface area contributed by atoms with Crippen molar-refractivity contribution >= 4 is 11.4 Å². The fourth-order valence-electron chi connectivity index (χ4n) is 4.36. The number of non-ortho nitro benzene ring substituents is 2. The molecule has 4 aliphatic heterocycles. The molecule has 0 amide bonds. The molecule has 10 heteroatoms. The first kappa shape index (κ1) is 20.7. The van der Waals surface area contributed by atoms with Crippen molar-refractivity contribution in [3.05, 3.63) is 67.8 Å². The molecule has 2 aromatic carbocycles. The molecule has 4 heterocycles. The first-order valence-electron chi connectivity index (χ1n) is 10.2. The molecule has 0 spiro atoms. The number of hydrogen-bond acceptors (Lipinski definition) is 8. The number of rotatable bonds is 2. The lowest BCUT2D eigenvalue weighted by atomic mass is 9.94. The van der Waals surface area contributed by atoms with E-state index < -0.39 is 21.0 Å². The van der Waals surface area contributed by atoms with Crippen LogP contribution in [0.1, 0.15) is 51.0 Å². The number of epoxide rings is 2. The van der Waals surface area contributed by atoms with Crippen LogP contribution in [0.4, 0.5) is 11.4 Å². The highest BCUT2D eigenvalue weighted by atomic mass is 16.6. The van der Waals surface area contributed by atoms with Crippen molar-refractivity contribution in [3.63, 3.8) is 0 Å². The van der Waals surface area contributed by atoms with Crippen LogP contribution in [0.5, 0.6) is 11.5 Å². The van der Waals surface area contributed by atoms with Gasteiger partial charge in [-0.3, -0.25) is 20.2 Å². The Balaban J connectivity index is 0.000000135. The average molecular weight is 442 g/mol. The molecule has 0 N–H and O–H groups in total. The maximum Gasteiger partial charge on any atom is 0.273 e. The Hall–Kier alpha value is -3.24. The number of fused-ring (bicyclic) bond motifs is 6. The van der Waals surface area contributed by atoms with Crippen molar-refractivity contribution in [2.24, 2.45) is 0 Å². The summed E-state index contributed by atoms with van der Waals surface area (Å²) in [6.45, 7) is 7.72. The van der Waals surface area contributed by atoms with Crippen molar-refractivity contribution in [3.8, 4) is 11.5 Å². The summed E-state index contributed by atoms with van der Waals surface area (Å²) >= 11 is 0. The zero-order chi connectivity index (χ0) is 23.0. The highest BCUT2D eigenvalue weighted by molar-refractivity contribution is 5.50. The van der Waals surface area contributed by atoms with E-state index in [9.17, 15) is 20.2 Å². The Kier molecular flexibility index (Phi) is 4.28. The van der Waals surface area contributed by atoms with Gasteiger partial charge in [0, 0.05) is 23.3 Å². The van der Waals surface area contributed by atoms with Gasteiger partial charge < -0.3 is 18.9 Å². The molecule has 2 aromatic rings. The second kappa shape index (κ2) is 6.63. The number of hydrogen-bond donors (Lipinski definition) is 0. The maximum atomic E-state index is 10.7. The SMILES string of the molecule is CC1(C)Oc2cc([N+](=O)[O-])ccc2C2OC21.CC1(C)Oc2cc([N+](=O)[O-])ccc2[C@H]2O[C@H]21. The van der Waals surface area contributed by atoms with Crippen LogP contribution in [0.2, 0.25) is 0 Å². The Morgan fingerprint density at radius 3 is 1.44 bits per heavy atom. The van der Waals surface area contributed by atoms with E-state index in [2.05, 4.69) is 0 Å². The van der Waals surface area contributed by atoms with Gasteiger partial charge >= 0.3 is 0 Å². The average Bonchev–Trinajstić information content (AvgIpc) is 3.59.